The number of piperidine rings is 1. The van der Waals surface area contributed by atoms with E-state index in [0.29, 0.717) is 11.3 Å². The van der Waals surface area contributed by atoms with E-state index in [0.717, 1.165) is 33.0 Å². The predicted molar refractivity (Wildman–Crippen MR) is 86.7 cm³/mol. The van der Waals surface area contributed by atoms with E-state index in [1.165, 1.54) is 37.9 Å². The maximum Gasteiger partial charge on any atom is 0.0521 e. The summed E-state index contributed by atoms with van der Waals surface area (Å²) in [5.41, 5.74) is 1.94. The zero-order valence-corrected chi connectivity index (χ0v) is 13.9. The third-order valence-corrected chi connectivity index (χ3v) is 6.02. The Balaban J connectivity index is 1.56. The first kappa shape index (κ1) is 15.5. The monoisotopic (exact) mass is 309 g/mol. The highest BCUT2D eigenvalue weighted by Crippen LogP contribution is 2.45. The van der Waals surface area contributed by atoms with Gasteiger partial charge in [-0.2, -0.15) is 11.3 Å². The first-order valence-electron chi connectivity index (χ1n) is 8.21. The Morgan fingerprint density at radius 1 is 1.38 bits per heavy atom. The fraction of sp³-hybridized carbons (Fsp3) is 0.765. The van der Waals surface area contributed by atoms with Gasteiger partial charge < -0.3 is 9.47 Å². The molecule has 1 aromatic rings. The third kappa shape index (κ3) is 3.67. The molecular weight excluding hydrogens is 282 g/mol. The molecule has 21 heavy (non-hydrogen) atoms. The van der Waals surface area contributed by atoms with E-state index in [2.05, 4.69) is 28.7 Å². The van der Waals surface area contributed by atoms with Gasteiger partial charge in [-0.25, -0.2) is 0 Å². The molecule has 0 aromatic carbocycles. The fourth-order valence-corrected chi connectivity index (χ4v) is 4.48. The minimum atomic E-state index is 0.471. The number of likely N-dealkylation sites (tertiary alicyclic amines) is 1. The van der Waals surface area contributed by atoms with Crippen molar-refractivity contribution < 1.29 is 9.47 Å². The van der Waals surface area contributed by atoms with Gasteiger partial charge in [0.2, 0.25) is 0 Å². The Morgan fingerprint density at radius 3 is 2.95 bits per heavy atom. The van der Waals surface area contributed by atoms with Crippen LogP contribution in [0.15, 0.2) is 16.8 Å². The van der Waals surface area contributed by atoms with Crippen molar-refractivity contribution in [3.05, 3.63) is 22.4 Å². The Bertz CT molecular complexity index is 412. The number of ether oxygens (including phenoxy) is 2. The highest BCUT2D eigenvalue weighted by molar-refractivity contribution is 7.07. The van der Waals surface area contributed by atoms with Gasteiger partial charge in [0.1, 0.15) is 0 Å². The number of rotatable bonds is 5. The third-order valence-electron chi connectivity index (χ3n) is 5.29. The zero-order valence-electron chi connectivity index (χ0n) is 13.1. The van der Waals surface area contributed by atoms with E-state index in [9.17, 15) is 0 Å². The van der Waals surface area contributed by atoms with Crippen LogP contribution in [-0.2, 0) is 16.0 Å². The van der Waals surface area contributed by atoms with Crippen LogP contribution in [0.3, 0.4) is 0 Å². The normalized spacial score (nSPS) is 26.2. The van der Waals surface area contributed by atoms with E-state index in [4.69, 9.17) is 9.47 Å². The summed E-state index contributed by atoms with van der Waals surface area (Å²) in [5, 5.41) is 4.45. The molecule has 2 fully saturated rings. The lowest BCUT2D eigenvalue weighted by atomic mass is 9.66. The molecule has 0 aliphatic carbocycles. The van der Waals surface area contributed by atoms with Crippen LogP contribution in [0.5, 0.6) is 0 Å². The van der Waals surface area contributed by atoms with Crippen LogP contribution in [0, 0.1) is 11.3 Å². The molecule has 1 atom stereocenters. The molecular formula is C17H27NO2S. The van der Waals surface area contributed by atoms with E-state index >= 15 is 0 Å². The van der Waals surface area contributed by atoms with Gasteiger partial charge in [0, 0.05) is 25.7 Å². The molecule has 1 spiro atoms. The summed E-state index contributed by atoms with van der Waals surface area (Å²) in [5.74, 6) is 0.592. The summed E-state index contributed by atoms with van der Waals surface area (Å²) in [4.78, 5) is 2.61. The van der Waals surface area contributed by atoms with Gasteiger partial charge in [-0.3, -0.25) is 4.90 Å². The quantitative estimate of drug-likeness (QED) is 0.832. The summed E-state index contributed by atoms with van der Waals surface area (Å²) in [6, 6.07) is 2.25. The highest BCUT2D eigenvalue weighted by Gasteiger charge is 2.43. The average Bonchev–Trinajstić information content (AvgIpc) is 3.02. The van der Waals surface area contributed by atoms with Gasteiger partial charge >= 0.3 is 0 Å². The van der Waals surface area contributed by atoms with Crippen LogP contribution >= 0.6 is 11.3 Å². The first-order chi connectivity index (χ1) is 10.3. The molecule has 118 valence electrons. The van der Waals surface area contributed by atoms with Gasteiger partial charge in [0.25, 0.3) is 0 Å². The van der Waals surface area contributed by atoms with Crippen LogP contribution in [-0.4, -0.2) is 44.4 Å². The fourth-order valence-electron chi connectivity index (χ4n) is 3.82. The van der Waals surface area contributed by atoms with Gasteiger partial charge in [-0.15, -0.1) is 0 Å². The molecule has 0 unspecified atom stereocenters. The van der Waals surface area contributed by atoms with Crippen molar-refractivity contribution >= 4 is 11.3 Å². The van der Waals surface area contributed by atoms with Gasteiger partial charge in [0.15, 0.2) is 0 Å². The summed E-state index contributed by atoms with van der Waals surface area (Å²) in [6.07, 6.45) is 3.83. The average molecular weight is 309 g/mol. The topological polar surface area (TPSA) is 21.7 Å². The molecule has 0 radical (unpaired) electrons. The van der Waals surface area contributed by atoms with Crippen LogP contribution in [0.1, 0.15) is 31.7 Å². The summed E-state index contributed by atoms with van der Waals surface area (Å²) >= 11 is 1.80. The number of nitrogens with zero attached hydrogens (tertiary/aromatic N) is 1. The highest BCUT2D eigenvalue weighted by atomic mass is 32.1. The molecule has 3 heterocycles. The van der Waals surface area contributed by atoms with Crippen molar-refractivity contribution in [1.82, 2.24) is 4.90 Å². The Morgan fingerprint density at radius 2 is 2.24 bits per heavy atom. The molecule has 3 nitrogen and oxygen atoms in total. The maximum atomic E-state index is 5.73. The van der Waals surface area contributed by atoms with E-state index in [1.54, 1.807) is 11.3 Å². The van der Waals surface area contributed by atoms with Gasteiger partial charge in [-0.1, -0.05) is 0 Å². The Hall–Kier alpha value is -0.420. The second-order valence-corrected chi connectivity index (χ2v) is 7.23. The van der Waals surface area contributed by atoms with Crippen molar-refractivity contribution in [2.24, 2.45) is 11.3 Å². The number of hydrogen-bond acceptors (Lipinski definition) is 4. The molecule has 2 aliphatic rings. The SMILES string of the molecule is CCOC[C@@H]1COCCC12CCN(Cc1ccsc1)CC2. The Labute approximate surface area is 132 Å². The molecule has 4 heteroatoms. The predicted octanol–water partition coefficient (Wildman–Crippen LogP) is 3.40. The molecule has 0 amide bonds. The molecule has 0 bridgehead atoms. The van der Waals surface area contributed by atoms with Crippen LogP contribution in [0.25, 0.3) is 0 Å². The van der Waals surface area contributed by atoms with Crippen LogP contribution in [0.4, 0.5) is 0 Å². The van der Waals surface area contributed by atoms with Crippen molar-refractivity contribution in [2.45, 2.75) is 32.7 Å². The summed E-state index contributed by atoms with van der Waals surface area (Å²) in [6.45, 7) is 9.17. The summed E-state index contributed by atoms with van der Waals surface area (Å²) < 4.78 is 11.4. The van der Waals surface area contributed by atoms with Crippen molar-refractivity contribution in [2.75, 3.05) is 39.5 Å². The second-order valence-electron chi connectivity index (χ2n) is 6.45. The molecule has 3 rings (SSSR count). The van der Waals surface area contributed by atoms with Crippen molar-refractivity contribution in [1.29, 1.82) is 0 Å². The molecule has 2 aliphatic heterocycles. The zero-order chi connectivity index (χ0) is 14.5. The second kappa shape index (κ2) is 7.23. The largest absolute Gasteiger partial charge is 0.381 e. The standard InChI is InChI=1S/C17H27NO2S/c1-2-19-12-16-13-20-9-6-17(16)4-7-18(8-5-17)11-15-3-10-21-14-15/h3,10,14,16H,2,4-9,11-13H2,1H3/t16-/m1/s1. The Kier molecular flexibility index (Phi) is 5.33. The molecule has 2 saturated heterocycles. The van der Waals surface area contributed by atoms with Gasteiger partial charge in [0.05, 0.1) is 13.2 Å². The minimum absolute atomic E-state index is 0.471. The van der Waals surface area contributed by atoms with E-state index in [-0.39, 0.29) is 0 Å². The molecule has 0 N–H and O–H groups in total. The minimum Gasteiger partial charge on any atom is -0.381 e. The van der Waals surface area contributed by atoms with E-state index in [1.807, 2.05) is 0 Å². The molecule has 0 saturated carbocycles. The lowest BCUT2D eigenvalue weighted by Crippen LogP contribution is -2.49. The van der Waals surface area contributed by atoms with Crippen LogP contribution < -0.4 is 0 Å². The van der Waals surface area contributed by atoms with Crippen LogP contribution in [0.2, 0.25) is 0 Å². The van der Waals surface area contributed by atoms with E-state index < -0.39 is 0 Å². The van der Waals surface area contributed by atoms with Gasteiger partial charge in [-0.05, 0) is 67.1 Å². The first-order valence-corrected chi connectivity index (χ1v) is 9.15. The van der Waals surface area contributed by atoms with Crippen molar-refractivity contribution in [3.63, 3.8) is 0 Å². The lowest BCUT2D eigenvalue weighted by molar-refractivity contribution is -0.0993. The molecule has 1 aromatic heterocycles. The lowest BCUT2D eigenvalue weighted by Gasteiger charge is -2.49. The smallest absolute Gasteiger partial charge is 0.0521 e. The summed E-state index contributed by atoms with van der Waals surface area (Å²) in [7, 11) is 0. The maximum absolute atomic E-state index is 5.73. The number of hydrogen-bond donors (Lipinski definition) is 0. The number of thiophene rings is 1. The van der Waals surface area contributed by atoms with Crippen molar-refractivity contribution in [3.8, 4) is 0 Å².